The Balaban J connectivity index is 2.44. The van der Waals surface area contributed by atoms with E-state index in [1.165, 1.54) is 167 Å². The van der Waals surface area contributed by atoms with Gasteiger partial charge in [-0.15, -0.1) is 0 Å². The Hall–Kier alpha value is -1.22. The van der Waals surface area contributed by atoms with Gasteiger partial charge in [-0.3, -0.25) is 9.59 Å². The molecule has 308 valence electrons. The van der Waals surface area contributed by atoms with Crippen LogP contribution in [0.15, 0.2) is 0 Å². The molecule has 1 heterocycles. The average Bonchev–Trinajstić information content (AvgIpc) is 3.13. The molecular weight excluding hydrogens is 652 g/mol. The van der Waals surface area contributed by atoms with Crippen molar-refractivity contribution in [1.82, 2.24) is 10.2 Å². The van der Waals surface area contributed by atoms with E-state index >= 15 is 0 Å². The fraction of sp³-hybridized carbons (Fsp3) is 0.955. The van der Waals surface area contributed by atoms with E-state index in [0.717, 1.165) is 38.5 Å². The Labute approximate surface area is 321 Å². The first kappa shape index (κ1) is 48.8. The second-order valence-electron chi connectivity index (χ2n) is 16.0. The van der Waals surface area contributed by atoms with Gasteiger partial charge in [0.1, 0.15) is 24.4 Å². The standard InChI is InChI=1S/C44H86N2O6/c1-4-6-8-10-12-14-16-18-20-22-24-26-28-30-32-34-36-46(44-41(45-38(3)48)43(51)42(50)39(37-47)52-44)40(49)35-33-31-29-27-25-23-21-19-17-15-13-11-9-7-5-2/h39,41-44,47,50-51H,4-37H2,1-3H3,(H,45,48)/t39-,41-,42-,43-,44-/m1/s1. The minimum atomic E-state index is -1.36. The van der Waals surface area contributed by atoms with Crippen LogP contribution in [0.4, 0.5) is 0 Å². The highest BCUT2D eigenvalue weighted by Gasteiger charge is 2.47. The number of nitrogens with zero attached hydrogens (tertiary/aromatic N) is 1. The van der Waals surface area contributed by atoms with Crippen molar-refractivity contribution in [2.75, 3.05) is 13.2 Å². The summed E-state index contributed by atoms with van der Waals surface area (Å²) in [6.45, 7) is 5.86. The number of aliphatic hydroxyl groups excluding tert-OH is 3. The van der Waals surface area contributed by atoms with Gasteiger partial charge in [-0.1, -0.05) is 200 Å². The van der Waals surface area contributed by atoms with Gasteiger partial charge < -0.3 is 30.3 Å². The summed E-state index contributed by atoms with van der Waals surface area (Å²) in [5, 5.41) is 34.1. The van der Waals surface area contributed by atoms with Crippen LogP contribution < -0.4 is 5.32 Å². The molecule has 0 bridgehead atoms. The monoisotopic (exact) mass is 739 g/mol. The number of hydrogen-bond donors (Lipinski definition) is 4. The molecule has 1 aliphatic rings. The van der Waals surface area contributed by atoms with Gasteiger partial charge in [0.25, 0.3) is 0 Å². The lowest BCUT2D eigenvalue weighted by molar-refractivity contribution is -0.231. The predicted octanol–water partition coefficient (Wildman–Crippen LogP) is 10.3. The van der Waals surface area contributed by atoms with Crippen LogP contribution in [0.25, 0.3) is 0 Å². The number of aliphatic hydroxyl groups is 3. The first-order chi connectivity index (χ1) is 25.4. The first-order valence-corrected chi connectivity index (χ1v) is 22.6. The Kier molecular flexibility index (Phi) is 32.2. The molecule has 0 aromatic carbocycles. The van der Waals surface area contributed by atoms with Gasteiger partial charge >= 0.3 is 0 Å². The van der Waals surface area contributed by atoms with E-state index in [1.54, 1.807) is 4.90 Å². The summed E-state index contributed by atoms with van der Waals surface area (Å²) in [5.41, 5.74) is 0. The molecule has 0 radical (unpaired) electrons. The summed E-state index contributed by atoms with van der Waals surface area (Å²) >= 11 is 0. The SMILES string of the molecule is CCCCCCCCCCCCCCCCCCN(C(=O)CCCCCCCCCCCCCCCCC)[C@@H]1O[C@H](CO)[C@@H](O)[C@H](O)[C@H]1NC(C)=O. The summed E-state index contributed by atoms with van der Waals surface area (Å²) in [7, 11) is 0. The van der Waals surface area contributed by atoms with Gasteiger partial charge in [-0.25, -0.2) is 0 Å². The quantitative estimate of drug-likeness (QED) is 0.0475. The number of hydrogen-bond acceptors (Lipinski definition) is 6. The van der Waals surface area contributed by atoms with Gasteiger partial charge in [0, 0.05) is 19.9 Å². The van der Waals surface area contributed by atoms with Gasteiger partial charge in [0.2, 0.25) is 11.8 Å². The van der Waals surface area contributed by atoms with Crippen LogP contribution in [-0.2, 0) is 14.3 Å². The van der Waals surface area contributed by atoms with Crippen LogP contribution in [0.5, 0.6) is 0 Å². The molecular formula is C44H86N2O6. The minimum Gasteiger partial charge on any atom is -0.394 e. The van der Waals surface area contributed by atoms with E-state index in [2.05, 4.69) is 19.2 Å². The molecule has 52 heavy (non-hydrogen) atoms. The van der Waals surface area contributed by atoms with Crippen molar-refractivity contribution in [2.24, 2.45) is 0 Å². The van der Waals surface area contributed by atoms with Gasteiger partial charge in [0.15, 0.2) is 6.23 Å². The number of unbranched alkanes of at least 4 members (excludes halogenated alkanes) is 29. The van der Waals surface area contributed by atoms with Crippen LogP contribution in [0.1, 0.15) is 226 Å². The Morgan fingerprint density at radius 1 is 0.538 bits per heavy atom. The molecule has 0 saturated carbocycles. The second kappa shape index (κ2) is 34.3. The van der Waals surface area contributed by atoms with Crippen LogP contribution >= 0.6 is 0 Å². The number of carbonyl (C=O) groups excluding carboxylic acids is 2. The largest absolute Gasteiger partial charge is 0.394 e. The highest BCUT2D eigenvalue weighted by atomic mass is 16.5. The molecule has 1 rings (SSSR count). The third-order valence-corrected chi connectivity index (χ3v) is 11.1. The van der Waals surface area contributed by atoms with Crippen molar-refractivity contribution >= 4 is 11.8 Å². The molecule has 0 unspecified atom stereocenters. The van der Waals surface area contributed by atoms with E-state index in [9.17, 15) is 24.9 Å². The van der Waals surface area contributed by atoms with Crippen LogP contribution in [0, 0.1) is 0 Å². The first-order valence-electron chi connectivity index (χ1n) is 22.6. The number of ether oxygens (including phenoxy) is 1. The molecule has 8 nitrogen and oxygen atoms in total. The van der Waals surface area contributed by atoms with Crippen molar-refractivity contribution in [3.05, 3.63) is 0 Å². The van der Waals surface area contributed by atoms with Crippen molar-refractivity contribution in [3.63, 3.8) is 0 Å². The summed E-state index contributed by atoms with van der Waals surface area (Å²) in [6, 6.07) is -0.971. The minimum absolute atomic E-state index is 0.0590. The summed E-state index contributed by atoms with van der Waals surface area (Å²) in [6.07, 6.45) is 35.0. The predicted molar refractivity (Wildman–Crippen MR) is 216 cm³/mol. The van der Waals surface area contributed by atoms with Crippen molar-refractivity contribution in [3.8, 4) is 0 Å². The lowest BCUT2D eigenvalue weighted by atomic mass is 9.94. The lowest BCUT2D eigenvalue weighted by Gasteiger charge is -2.46. The zero-order valence-corrected chi connectivity index (χ0v) is 34.4. The van der Waals surface area contributed by atoms with Gasteiger partial charge in [-0.05, 0) is 12.8 Å². The molecule has 1 fully saturated rings. The van der Waals surface area contributed by atoms with E-state index in [-0.39, 0.29) is 11.8 Å². The maximum Gasteiger partial charge on any atom is 0.224 e. The summed E-state index contributed by atoms with van der Waals surface area (Å²) < 4.78 is 6.05. The highest BCUT2D eigenvalue weighted by Crippen LogP contribution is 2.26. The van der Waals surface area contributed by atoms with Crippen LogP contribution in [0.2, 0.25) is 0 Å². The maximum absolute atomic E-state index is 13.7. The maximum atomic E-state index is 13.7. The smallest absolute Gasteiger partial charge is 0.224 e. The van der Waals surface area contributed by atoms with E-state index in [1.807, 2.05) is 0 Å². The molecule has 0 aromatic heterocycles. The van der Waals surface area contributed by atoms with Crippen molar-refractivity contribution in [1.29, 1.82) is 0 Å². The Morgan fingerprint density at radius 3 is 1.23 bits per heavy atom. The fourth-order valence-electron chi connectivity index (χ4n) is 7.77. The van der Waals surface area contributed by atoms with E-state index in [4.69, 9.17) is 4.74 Å². The molecule has 5 atom stereocenters. The fourth-order valence-corrected chi connectivity index (χ4v) is 7.77. The van der Waals surface area contributed by atoms with Gasteiger partial charge in [0.05, 0.1) is 6.61 Å². The Morgan fingerprint density at radius 2 is 0.885 bits per heavy atom. The third-order valence-electron chi connectivity index (χ3n) is 11.1. The number of amides is 2. The summed E-state index contributed by atoms with van der Waals surface area (Å²) in [5.74, 6) is -0.430. The van der Waals surface area contributed by atoms with Crippen molar-refractivity contribution < 1.29 is 29.6 Å². The normalized spacial score (nSPS) is 20.3. The average molecular weight is 739 g/mol. The molecule has 4 N–H and O–H groups in total. The molecule has 0 aliphatic carbocycles. The number of carbonyl (C=O) groups is 2. The van der Waals surface area contributed by atoms with E-state index in [0.29, 0.717) is 13.0 Å². The van der Waals surface area contributed by atoms with E-state index < -0.39 is 37.2 Å². The zero-order chi connectivity index (χ0) is 38.1. The van der Waals surface area contributed by atoms with Crippen LogP contribution in [-0.4, -0.2) is 75.8 Å². The lowest BCUT2D eigenvalue weighted by Crippen LogP contribution is -2.68. The molecule has 2 amide bonds. The topological polar surface area (TPSA) is 119 Å². The highest BCUT2D eigenvalue weighted by molar-refractivity contribution is 5.77. The van der Waals surface area contributed by atoms with Gasteiger partial charge in [-0.2, -0.15) is 0 Å². The Bertz CT molecular complexity index is 829. The zero-order valence-electron chi connectivity index (χ0n) is 34.4. The number of rotatable bonds is 36. The molecule has 1 saturated heterocycles. The second-order valence-corrected chi connectivity index (χ2v) is 16.0. The molecule has 1 aliphatic heterocycles. The molecule has 8 heteroatoms. The number of nitrogens with one attached hydrogen (secondary N) is 1. The molecule has 0 aromatic rings. The third kappa shape index (κ3) is 24.2. The molecule has 0 spiro atoms. The van der Waals surface area contributed by atoms with Crippen LogP contribution in [0.3, 0.4) is 0 Å². The van der Waals surface area contributed by atoms with Crippen molar-refractivity contribution in [2.45, 2.75) is 257 Å². The summed E-state index contributed by atoms with van der Waals surface area (Å²) in [4.78, 5) is 27.5.